The fraction of sp³-hybridized carbons (Fsp3) is 0.667. The summed E-state index contributed by atoms with van der Waals surface area (Å²) in [6.07, 6.45) is 1.49. The molecule has 0 radical (unpaired) electrons. The Kier molecular flexibility index (Phi) is 5.05. The Morgan fingerprint density at radius 2 is 2.17 bits per heavy atom. The molecule has 2 fully saturated rings. The van der Waals surface area contributed by atoms with E-state index < -0.39 is 34.8 Å². The van der Waals surface area contributed by atoms with Crippen LogP contribution in [0.1, 0.15) is 20.8 Å². The van der Waals surface area contributed by atoms with Crippen molar-refractivity contribution in [3.8, 4) is 0 Å². The molecule has 23 heavy (non-hydrogen) atoms. The summed E-state index contributed by atoms with van der Waals surface area (Å²) in [6, 6.07) is -1.74. The van der Waals surface area contributed by atoms with E-state index in [1.165, 1.54) is 29.8 Å². The van der Waals surface area contributed by atoms with Gasteiger partial charge in [-0.15, -0.1) is 11.8 Å². The van der Waals surface area contributed by atoms with Crippen LogP contribution < -0.4 is 5.32 Å². The molecule has 0 aromatic rings. The van der Waals surface area contributed by atoms with Crippen LogP contribution in [0.25, 0.3) is 0 Å². The summed E-state index contributed by atoms with van der Waals surface area (Å²) in [7, 11) is 1.30. The Morgan fingerprint density at radius 3 is 2.74 bits per heavy atom. The first-order valence-electron chi connectivity index (χ1n) is 7.36. The molecule has 0 aromatic carbocycles. The van der Waals surface area contributed by atoms with Crippen molar-refractivity contribution in [3.63, 3.8) is 0 Å². The maximum atomic E-state index is 12.4. The smallest absolute Gasteiger partial charge is 0.330 e. The second-order valence-electron chi connectivity index (χ2n) is 6.07. The first kappa shape index (κ1) is 17.8. The summed E-state index contributed by atoms with van der Waals surface area (Å²) in [5.74, 6) is -1.07. The average molecular weight is 342 g/mol. The van der Waals surface area contributed by atoms with Gasteiger partial charge in [0.15, 0.2) is 0 Å². The van der Waals surface area contributed by atoms with Crippen LogP contribution in [-0.4, -0.2) is 64.7 Å². The molecule has 2 heterocycles. The summed E-state index contributed by atoms with van der Waals surface area (Å²) in [4.78, 5) is 37.7. The predicted molar refractivity (Wildman–Crippen MR) is 85.6 cm³/mol. The van der Waals surface area contributed by atoms with Gasteiger partial charge in [-0.1, -0.05) is 12.7 Å². The molecule has 128 valence electrons. The number of thioether (sulfide) groups is 1. The number of nitrogens with one attached hydrogen (secondary N) is 1. The molecule has 7 nitrogen and oxygen atoms in total. The van der Waals surface area contributed by atoms with Gasteiger partial charge >= 0.3 is 11.9 Å². The summed E-state index contributed by atoms with van der Waals surface area (Å²) < 4.78 is 9.31. The highest BCUT2D eigenvalue weighted by atomic mass is 32.2. The zero-order chi connectivity index (χ0) is 17.4. The minimum atomic E-state index is -0.642. The zero-order valence-corrected chi connectivity index (χ0v) is 14.5. The van der Waals surface area contributed by atoms with Crippen molar-refractivity contribution in [1.29, 1.82) is 0 Å². The van der Waals surface area contributed by atoms with Crippen molar-refractivity contribution >= 4 is 29.6 Å². The van der Waals surface area contributed by atoms with Gasteiger partial charge < -0.3 is 14.4 Å². The molecular formula is C15H22N2O5S. The SMILES string of the molecule is C=CCOC(=O)[C@@H]1N2C(=O)[C@@H](N[C@@H](C)C(=O)OC)[C@H]2SC1(C)C. The van der Waals surface area contributed by atoms with Gasteiger partial charge in [0, 0.05) is 4.75 Å². The minimum absolute atomic E-state index is 0.115. The summed E-state index contributed by atoms with van der Waals surface area (Å²) in [5, 5.41) is 2.77. The topological polar surface area (TPSA) is 84.9 Å². The highest BCUT2D eigenvalue weighted by Gasteiger charge is 2.64. The van der Waals surface area contributed by atoms with E-state index in [9.17, 15) is 14.4 Å². The molecule has 1 amide bonds. The minimum Gasteiger partial charge on any atom is -0.468 e. The van der Waals surface area contributed by atoms with Crippen LogP contribution in [0.2, 0.25) is 0 Å². The van der Waals surface area contributed by atoms with E-state index in [-0.39, 0.29) is 17.9 Å². The van der Waals surface area contributed by atoms with Crippen molar-refractivity contribution in [3.05, 3.63) is 12.7 Å². The molecule has 2 aliphatic rings. The molecule has 2 rings (SSSR count). The average Bonchev–Trinajstić information content (AvgIpc) is 2.77. The first-order valence-corrected chi connectivity index (χ1v) is 8.24. The van der Waals surface area contributed by atoms with Gasteiger partial charge in [-0.2, -0.15) is 0 Å². The van der Waals surface area contributed by atoms with Gasteiger partial charge in [0.2, 0.25) is 5.91 Å². The lowest BCUT2D eigenvalue weighted by Crippen LogP contribution is -2.71. The Balaban J connectivity index is 2.09. The van der Waals surface area contributed by atoms with Gasteiger partial charge in [-0.3, -0.25) is 14.9 Å². The van der Waals surface area contributed by atoms with E-state index in [2.05, 4.69) is 16.6 Å². The number of amides is 1. The second-order valence-corrected chi connectivity index (χ2v) is 7.84. The molecule has 4 atom stereocenters. The molecule has 8 heteroatoms. The summed E-state index contributed by atoms with van der Waals surface area (Å²) in [5.41, 5.74) is 0. The summed E-state index contributed by atoms with van der Waals surface area (Å²) in [6.45, 7) is 9.08. The number of hydrogen-bond donors (Lipinski definition) is 1. The van der Waals surface area contributed by atoms with Crippen LogP contribution in [0.3, 0.4) is 0 Å². The maximum absolute atomic E-state index is 12.4. The van der Waals surface area contributed by atoms with Gasteiger partial charge in [0.05, 0.1) is 7.11 Å². The van der Waals surface area contributed by atoms with E-state index in [1.54, 1.807) is 6.92 Å². The fourth-order valence-electron chi connectivity index (χ4n) is 2.88. The third-order valence-electron chi connectivity index (χ3n) is 3.99. The third-order valence-corrected chi connectivity index (χ3v) is 5.56. The monoisotopic (exact) mass is 342 g/mol. The number of ether oxygens (including phenoxy) is 2. The normalized spacial score (nSPS) is 29.3. The number of rotatable bonds is 6. The lowest BCUT2D eigenvalue weighted by atomic mass is 9.95. The summed E-state index contributed by atoms with van der Waals surface area (Å²) >= 11 is 1.52. The number of methoxy groups -OCH3 is 1. The van der Waals surface area contributed by atoms with Crippen molar-refractivity contribution in [2.75, 3.05) is 13.7 Å². The predicted octanol–water partition coefficient (Wildman–Crippen LogP) is 0.298. The molecule has 0 bridgehead atoms. The molecule has 0 unspecified atom stereocenters. The van der Waals surface area contributed by atoms with Crippen LogP contribution in [0.15, 0.2) is 12.7 Å². The van der Waals surface area contributed by atoms with Crippen molar-refractivity contribution < 1.29 is 23.9 Å². The Hall–Kier alpha value is -1.54. The van der Waals surface area contributed by atoms with Crippen molar-refractivity contribution in [2.45, 2.75) is 49.0 Å². The number of carbonyl (C=O) groups is 3. The molecular weight excluding hydrogens is 320 g/mol. The fourth-order valence-corrected chi connectivity index (χ4v) is 4.51. The lowest BCUT2D eigenvalue weighted by Gasteiger charge is -2.44. The standard InChI is InChI=1S/C15H22N2O5S/c1-6-7-22-14(20)10-15(3,4)23-12-9(11(18)17(10)12)16-8(2)13(19)21-5/h6,8-10,12,16H,1,7H2,2-5H3/t8-,9+,10-,12+/m0/s1. The Morgan fingerprint density at radius 1 is 1.52 bits per heavy atom. The number of β-lactam (4-membered cyclic amide) rings is 1. The van der Waals surface area contributed by atoms with E-state index >= 15 is 0 Å². The van der Waals surface area contributed by atoms with E-state index in [4.69, 9.17) is 4.74 Å². The van der Waals surface area contributed by atoms with Crippen molar-refractivity contribution in [2.24, 2.45) is 0 Å². The number of hydrogen-bond acceptors (Lipinski definition) is 7. The van der Waals surface area contributed by atoms with Gasteiger partial charge in [0.1, 0.15) is 30.1 Å². The molecule has 0 aliphatic carbocycles. The molecule has 0 saturated carbocycles. The third kappa shape index (κ3) is 3.10. The van der Waals surface area contributed by atoms with E-state index in [1.807, 2.05) is 13.8 Å². The van der Waals surface area contributed by atoms with Gasteiger partial charge in [0.25, 0.3) is 0 Å². The molecule has 1 N–H and O–H groups in total. The van der Waals surface area contributed by atoms with Crippen LogP contribution in [0.4, 0.5) is 0 Å². The Labute approximate surface area is 139 Å². The number of nitrogens with zero attached hydrogens (tertiary/aromatic N) is 1. The zero-order valence-electron chi connectivity index (χ0n) is 13.7. The Bertz CT molecular complexity index is 536. The van der Waals surface area contributed by atoms with Crippen LogP contribution >= 0.6 is 11.8 Å². The highest BCUT2D eigenvalue weighted by molar-refractivity contribution is 8.01. The van der Waals surface area contributed by atoms with Gasteiger partial charge in [-0.25, -0.2) is 4.79 Å². The van der Waals surface area contributed by atoms with Crippen LogP contribution in [0.5, 0.6) is 0 Å². The number of fused-ring (bicyclic) bond motifs is 1. The number of esters is 2. The second kappa shape index (κ2) is 6.52. The van der Waals surface area contributed by atoms with Crippen molar-refractivity contribution in [1.82, 2.24) is 10.2 Å². The number of carbonyl (C=O) groups excluding carboxylic acids is 3. The first-order chi connectivity index (χ1) is 10.7. The van der Waals surface area contributed by atoms with E-state index in [0.29, 0.717) is 0 Å². The molecule has 2 aliphatic heterocycles. The van der Waals surface area contributed by atoms with Gasteiger partial charge in [-0.05, 0) is 20.8 Å². The maximum Gasteiger partial charge on any atom is 0.330 e. The van der Waals surface area contributed by atoms with E-state index in [0.717, 1.165) is 0 Å². The molecule has 0 spiro atoms. The van der Waals surface area contributed by atoms with Crippen LogP contribution in [0, 0.1) is 0 Å². The van der Waals surface area contributed by atoms with Crippen LogP contribution in [-0.2, 0) is 23.9 Å². The quantitative estimate of drug-likeness (QED) is 0.422. The lowest BCUT2D eigenvalue weighted by molar-refractivity contribution is -0.164. The molecule has 0 aromatic heterocycles. The largest absolute Gasteiger partial charge is 0.468 e. The highest BCUT2D eigenvalue weighted by Crippen LogP contribution is 2.51. The molecule has 2 saturated heterocycles.